The average molecular weight is 249 g/mol. The molecule has 0 unspecified atom stereocenters. The van der Waals surface area contributed by atoms with Crippen LogP contribution in [0.2, 0.25) is 5.02 Å². The van der Waals surface area contributed by atoms with Gasteiger partial charge in [0, 0.05) is 0 Å². The third-order valence-electron chi connectivity index (χ3n) is 2.02. The van der Waals surface area contributed by atoms with E-state index in [2.05, 4.69) is 10.5 Å². The molecule has 0 saturated heterocycles. The summed E-state index contributed by atoms with van der Waals surface area (Å²) >= 11 is 5.87. The van der Waals surface area contributed by atoms with Crippen molar-refractivity contribution < 1.29 is 9.21 Å². The molecule has 5 heteroatoms. The van der Waals surface area contributed by atoms with Crippen LogP contribution in [0.1, 0.15) is 16.1 Å². The summed E-state index contributed by atoms with van der Waals surface area (Å²) in [4.78, 5) is 11.7. The molecule has 1 N–H and O–H groups in total. The van der Waals surface area contributed by atoms with Crippen LogP contribution in [-0.2, 0) is 0 Å². The lowest BCUT2D eigenvalue weighted by Gasteiger charge is -2.00. The van der Waals surface area contributed by atoms with Crippen LogP contribution in [0.5, 0.6) is 0 Å². The number of furan rings is 1. The highest BCUT2D eigenvalue weighted by Crippen LogP contribution is 2.14. The molecule has 2 aromatic rings. The van der Waals surface area contributed by atoms with E-state index in [1.165, 1.54) is 12.5 Å². The van der Waals surface area contributed by atoms with Crippen molar-refractivity contribution >= 4 is 23.7 Å². The first-order chi connectivity index (χ1) is 8.27. The van der Waals surface area contributed by atoms with E-state index in [0.717, 1.165) is 0 Å². The van der Waals surface area contributed by atoms with Crippen LogP contribution in [0.15, 0.2) is 52.2 Å². The van der Waals surface area contributed by atoms with Crippen molar-refractivity contribution in [3.63, 3.8) is 0 Å². The fraction of sp³-hybridized carbons (Fsp3) is 0. The lowest BCUT2D eigenvalue weighted by atomic mass is 10.2. The second kappa shape index (κ2) is 5.32. The van der Waals surface area contributed by atoms with Crippen LogP contribution in [-0.4, -0.2) is 12.1 Å². The van der Waals surface area contributed by atoms with E-state index < -0.39 is 0 Å². The fourth-order valence-corrected chi connectivity index (χ4v) is 1.45. The minimum absolute atomic E-state index is 0.363. The molecule has 0 fully saturated rings. The number of hydrogen-bond acceptors (Lipinski definition) is 3. The van der Waals surface area contributed by atoms with E-state index in [4.69, 9.17) is 16.0 Å². The highest BCUT2D eigenvalue weighted by atomic mass is 35.5. The van der Waals surface area contributed by atoms with Gasteiger partial charge in [0.25, 0.3) is 5.91 Å². The Bertz CT molecular complexity index is 535. The number of carbonyl (C=O) groups is 1. The molecule has 0 bridgehead atoms. The number of rotatable bonds is 3. The van der Waals surface area contributed by atoms with Gasteiger partial charge in [-0.3, -0.25) is 4.79 Å². The summed E-state index contributed by atoms with van der Waals surface area (Å²) < 4.78 is 5.02. The molecule has 86 valence electrons. The van der Waals surface area contributed by atoms with Crippen LogP contribution in [0.4, 0.5) is 0 Å². The number of amides is 1. The SMILES string of the molecule is O=C(NN=Cc1ccco1)c1ccccc1Cl. The van der Waals surface area contributed by atoms with E-state index >= 15 is 0 Å². The Morgan fingerprint density at radius 2 is 2.12 bits per heavy atom. The molecule has 0 atom stereocenters. The van der Waals surface area contributed by atoms with Crippen LogP contribution in [0.3, 0.4) is 0 Å². The Morgan fingerprint density at radius 3 is 2.82 bits per heavy atom. The molecule has 1 heterocycles. The third-order valence-corrected chi connectivity index (χ3v) is 2.35. The Hall–Kier alpha value is -2.07. The van der Waals surface area contributed by atoms with E-state index in [-0.39, 0.29) is 5.91 Å². The predicted octanol–water partition coefficient (Wildman–Crippen LogP) is 2.70. The number of hydrogen-bond donors (Lipinski definition) is 1. The zero-order valence-corrected chi connectivity index (χ0v) is 9.52. The van der Waals surface area contributed by atoms with Crippen molar-refractivity contribution in [3.05, 3.63) is 59.0 Å². The van der Waals surface area contributed by atoms with Crippen molar-refractivity contribution in [2.75, 3.05) is 0 Å². The predicted molar refractivity (Wildman–Crippen MR) is 65.2 cm³/mol. The Morgan fingerprint density at radius 1 is 1.29 bits per heavy atom. The lowest BCUT2D eigenvalue weighted by molar-refractivity contribution is 0.0955. The molecule has 1 amide bonds. The monoisotopic (exact) mass is 248 g/mol. The van der Waals surface area contributed by atoms with Crippen molar-refractivity contribution in [1.82, 2.24) is 5.43 Å². The Kier molecular flexibility index (Phi) is 3.57. The maximum atomic E-state index is 11.7. The minimum atomic E-state index is -0.363. The highest BCUT2D eigenvalue weighted by molar-refractivity contribution is 6.33. The largest absolute Gasteiger partial charge is 0.463 e. The first kappa shape index (κ1) is 11.4. The van der Waals surface area contributed by atoms with Crippen molar-refractivity contribution in [2.24, 2.45) is 5.10 Å². The van der Waals surface area contributed by atoms with Gasteiger partial charge in [0.05, 0.1) is 23.1 Å². The minimum Gasteiger partial charge on any atom is -0.463 e. The van der Waals surface area contributed by atoms with Gasteiger partial charge in [-0.15, -0.1) is 0 Å². The summed E-state index contributed by atoms with van der Waals surface area (Å²) in [5, 5.41) is 4.14. The molecule has 0 spiro atoms. The van der Waals surface area contributed by atoms with E-state index in [1.807, 2.05) is 0 Å². The van der Waals surface area contributed by atoms with Gasteiger partial charge in [-0.1, -0.05) is 23.7 Å². The zero-order valence-electron chi connectivity index (χ0n) is 8.76. The van der Waals surface area contributed by atoms with Gasteiger partial charge in [-0.25, -0.2) is 5.43 Å². The molecule has 4 nitrogen and oxygen atoms in total. The van der Waals surface area contributed by atoms with Gasteiger partial charge in [0.1, 0.15) is 5.76 Å². The maximum Gasteiger partial charge on any atom is 0.272 e. The van der Waals surface area contributed by atoms with E-state index in [0.29, 0.717) is 16.3 Å². The molecule has 0 aliphatic heterocycles. The summed E-state index contributed by atoms with van der Waals surface area (Å²) in [5.74, 6) is 0.197. The number of hydrazone groups is 1. The number of carbonyl (C=O) groups excluding carboxylic acids is 1. The van der Waals surface area contributed by atoms with Gasteiger partial charge in [-0.05, 0) is 24.3 Å². The number of benzene rings is 1. The first-order valence-corrected chi connectivity index (χ1v) is 5.26. The molecule has 0 aliphatic carbocycles. The molecule has 2 rings (SSSR count). The molecule has 0 aliphatic rings. The van der Waals surface area contributed by atoms with Crippen molar-refractivity contribution in [2.45, 2.75) is 0 Å². The summed E-state index contributed by atoms with van der Waals surface area (Å²) in [6.07, 6.45) is 2.94. The fourth-order valence-electron chi connectivity index (χ4n) is 1.22. The average Bonchev–Trinajstić information content (AvgIpc) is 2.82. The molecule has 0 saturated carbocycles. The van der Waals surface area contributed by atoms with Gasteiger partial charge in [0.2, 0.25) is 0 Å². The van der Waals surface area contributed by atoms with Gasteiger partial charge < -0.3 is 4.42 Å². The van der Waals surface area contributed by atoms with Gasteiger partial charge in [0.15, 0.2) is 0 Å². The third kappa shape index (κ3) is 2.95. The Balaban J connectivity index is 2.01. The summed E-state index contributed by atoms with van der Waals surface area (Å²) in [6.45, 7) is 0. The molecular formula is C12H9ClN2O2. The molecular weight excluding hydrogens is 240 g/mol. The van der Waals surface area contributed by atoms with Crippen LogP contribution >= 0.6 is 11.6 Å². The highest BCUT2D eigenvalue weighted by Gasteiger charge is 2.07. The smallest absolute Gasteiger partial charge is 0.272 e. The van der Waals surface area contributed by atoms with Crippen molar-refractivity contribution in [1.29, 1.82) is 0 Å². The van der Waals surface area contributed by atoms with Crippen LogP contribution < -0.4 is 5.43 Å². The van der Waals surface area contributed by atoms with E-state index in [9.17, 15) is 4.79 Å². The topological polar surface area (TPSA) is 54.6 Å². The molecule has 1 aromatic heterocycles. The summed E-state index contributed by atoms with van der Waals surface area (Å²) in [6, 6.07) is 10.2. The number of halogens is 1. The van der Waals surface area contributed by atoms with Gasteiger partial charge >= 0.3 is 0 Å². The number of nitrogens with zero attached hydrogens (tertiary/aromatic N) is 1. The maximum absolute atomic E-state index is 11.7. The van der Waals surface area contributed by atoms with Gasteiger partial charge in [-0.2, -0.15) is 5.10 Å². The first-order valence-electron chi connectivity index (χ1n) is 4.89. The number of nitrogens with one attached hydrogen (secondary N) is 1. The van der Waals surface area contributed by atoms with E-state index in [1.54, 1.807) is 36.4 Å². The Labute approximate surface area is 103 Å². The van der Waals surface area contributed by atoms with Crippen LogP contribution in [0.25, 0.3) is 0 Å². The lowest BCUT2D eigenvalue weighted by Crippen LogP contribution is -2.17. The van der Waals surface area contributed by atoms with Crippen molar-refractivity contribution in [3.8, 4) is 0 Å². The molecule has 0 radical (unpaired) electrons. The molecule has 1 aromatic carbocycles. The zero-order chi connectivity index (χ0) is 12.1. The second-order valence-electron chi connectivity index (χ2n) is 3.19. The second-order valence-corrected chi connectivity index (χ2v) is 3.60. The summed E-state index contributed by atoms with van der Waals surface area (Å²) in [5.41, 5.74) is 2.74. The standard InChI is InChI=1S/C12H9ClN2O2/c13-11-6-2-1-5-10(11)12(16)15-14-8-9-4-3-7-17-9/h1-8H,(H,15,16). The quantitative estimate of drug-likeness (QED) is 0.671. The van der Waals surface area contributed by atoms with Crippen LogP contribution in [0, 0.1) is 0 Å². The normalized spacial score (nSPS) is 10.6. The molecule has 17 heavy (non-hydrogen) atoms. The summed E-state index contributed by atoms with van der Waals surface area (Å²) in [7, 11) is 0.